The second-order valence-corrected chi connectivity index (χ2v) is 4.90. The predicted molar refractivity (Wildman–Crippen MR) is 78.6 cm³/mol. The number of hydrogen-bond donors (Lipinski definition) is 1. The van der Waals surface area contributed by atoms with Crippen LogP contribution in [0.2, 0.25) is 0 Å². The van der Waals surface area contributed by atoms with E-state index in [4.69, 9.17) is 4.74 Å². The third-order valence-electron chi connectivity index (χ3n) is 2.57. The fourth-order valence-electron chi connectivity index (χ4n) is 1.63. The van der Waals surface area contributed by atoms with Crippen LogP contribution in [0.1, 0.15) is 31.7 Å². The minimum absolute atomic E-state index is 0.0724. The van der Waals surface area contributed by atoms with Gasteiger partial charge in [-0.3, -0.25) is 4.79 Å². The van der Waals surface area contributed by atoms with E-state index in [0.29, 0.717) is 13.0 Å². The van der Waals surface area contributed by atoms with E-state index in [9.17, 15) is 4.79 Å². The van der Waals surface area contributed by atoms with Gasteiger partial charge in [0.2, 0.25) is 5.91 Å². The molecular weight excluding hydrogens is 294 g/mol. The molecule has 0 aliphatic heterocycles. The maximum absolute atomic E-state index is 11.7. The minimum Gasteiger partial charge on any atom is -0.494 e. The first-order valence-corrected chi connectivity index (χ1v) is 7.38. The number of rotatable bonds is 7. The smallest absolute Gasteiger partial charge is 0.224 e. The lowest BCUT2D eigenvalue weighted by Crippen LogP contribution is -2.12. The molecule has 0 aliphatic rings. The van der Waals surface area contributed by atoms with Crippen LogP contribution in [0.15, 0.2) is 18.2 Å². The lowest BCUT2D eigenvalue weighted by molar-refractivity contribution is -0.116. The van der Waals surface area contributed by atoms with Gasteiger partial charge in [0.25, 0.3) is 0 Å². The standard InChI is InChI=1S/C14H20BrNO2/c1-3-18-12-7-8-13(11(2)10-12)16-14(17)6-4-5-9-15/h7-8,10H,3-6,9H2,1-2H3,(H,16,17). The summed E-state index contributed by atoms with van der Waals surface area (Å²) in [6.07, 6.45) is 2.50. The Balaban J connectivity index is 2.53. The van der Waals surface area contributed by atoms with Crippen molar-refractivity contribution in [3.63, 3.8) is 0 Å². The Bertz CT molecular complexity index is 393. The highest BCUT2D eigenvalue weighted by atomic mass is 79.9. The van der Waals surface area contributed by atoms with Crippen LogP contribution in [-0.4, -0.2) is 17.8 Å². The van der Waals surface area contributed by atoms with Crippen LogP contribution in [0.5, 0.6) is 5.75 Å². The van der Waals surface area contributed by atoms with Crippen molar-refractivity contribution in [1.29, 1.82) is 0 Å². The molecule has 0 heterocycles. The van der Waals surface area contributed by atoms with Gasteiger partial charge in [0, 0.05) is 17.4 Å². The van der Waals surface area contributed by atoms with Crippen molar-refractivity contribution in [3.8, 4) is 5.75 Å². The Morgan fingerprint density at radius 3 is 2.78 bits per heavy atom. The lowest BCUT2D eigenvalue weighted by atomic mass is 10.1. The lowest BCUT2D eigenvalue weighted by Gasteiger charge is -2.10. The van der Waals surface area contributed by atoms with Crippen molar-refractivity contribution in [1.82, 2.24) is 0 Å². The molecule has 18 heavy (non-hydrogen) atoms. The van der Waals surface area contributed by atoms with Crippen molar-refractivity contribution >= 4 is 27.5 Å². The van der Waals surface area contributed by atoms with Gasteiger partial charge in [0.1, 0.15) is 5.75 Å². The summed E-state index contributed by atoms with van der Waals surface area (Å²) in [5.74, 6) is 0.912. The first-order chi connectivity index (χ1) is 8.67. The highest BCUT2D eigenvalue weighted by molar-refractivity contribution is 9.09. The molecule has 0 atom stereocenters. The average Bonchev–Trinajstić information content (AvgIpc) is 2.33. The number of unbranched alkanes of at least 4 members (excludes halogenated alkanes) is 1. The molecule has 0 aromatic heterocycles. The fraction of sp³-hybridized carbons (Fsp3) is 0.500. The van der Waals surface area contributed by atoms with E-state index in [-0.39, 0.29) is 5.91 Å². The summed E-state index contributed by atoms with van der Waals surface area (Å²) in [6, 6.07) is 5.71. The van der Waals surface area contributed by atoms with Crippen LogP contribution in [0.3, 0.4) is 0 Å². The van der Waals surface area contributed by atoms with E-state index in [1.807, 2.05) is 32.0 Å². The predicted octanol–water partition coefficient (Wildman–Crippen LogP) is 3.90. The molecule has 0 unspecified atom stereocenters. The molecule has 0 bridgehead atoms. The van der Waals surface area contributed by atoms with E-state index >= 15 is 0 Å². The number of anilines is 1. The fourth-order valence-corrected chi connectivity index (χ4v) is 2.02. The molecule has 1 amide bonds. The number of halogens is 1. The number of alkyl halides is 1. The second-order valence-electron chi connectivity index (χ2n) is 4.10. The third-order valence-corrected chi connectivity index (χ3v) is 3.13. The van der Waals surface area contributed by atoms with Gasteiger partial charge in [-0.25, -0.2) is 0 Å². The number of carbonyl (C=O) groups is 1. The highest BCUT2D eigenvalue weighted by Crippen LogP contribution is 2.21. The van der Waals surface area contributed by atoms with Crippen molar-refractivity contribution in [2.45, 2.75) is 33.1 Å². The highest BCUT2D eigenvalue weighted by Gasteiger charge is 2.05. The van der Waals surface area contributed by atoms with Crippen LogP contribution < -0.4 is 10.1 Å². The molecule has 0 saturated heterocycles. The summed E-state index contributed by atoms with van der Waals surface area (Å²) in [7, 11) is 0. The quantitative estimate of drug-likeness (QED) is 0.612. The van der Waals surface area contributed by atoms with Gasteiger partial charge in [-0.1, -0.05) is 15.9 Å². The Hall–Kier alpha value is -1.03. The van der Waals surface area contributed by atoms with Gasteiger partial charge in [0.15, 0.2) is 0 Å². The van der Waals surface area contributed by atoms with Gasteiger partial charge in [0.05, 0.1) is 6.61 Å². The Morgan fingerprint density at radius 2 is 2.17 bits per heavy atom. The number of ether oxygens (including phenoxy) is 1. The van der Waals surface area contributed by atoms with Gasteiger partial charge in [-0.2, -0.15) is 0 Å². The second kappa shape index (κ2) is 8.14. The van der Waals surface area contributed by atoms with Gasteiger partial charge in [-0.15, -0.1) is 0 Å². The molecule has 3 nitrogen and oxygen atoms in total. The van der Waals surface area contributed by atoms with Crippen LogP contribution in [-0.2, 0) is 4.79 Å². The Kier molecular flexibility index (Phi) is 6.80. The molecular formula is C14H20BrNO2. The number of nitrogens with one attached hydrogen (secondary N) is 1. The number of carbonyl (C=O) groups excluding carboxylic acids is 1. The molecule has 0 radical (unpaired) electrons. The summed E-state index contributed by atoms with van der Waals surface area (Å²) in [5.41, 5.74) is 1.89. The van der Waals surface area contributed by atoms with E-state index in [1.165, 1.54) is 0 Å². The third kappa shape index (κ3) is 5.08. The first-order valence-electron chi connectivity index (χ1n) is 6.26. The van der Waals surface area contributed by atoms with E-state index in [0.717, 1.165) is 35.2 Å². The zero-order valence-corrected chi connectivity index (χ0v) is 12.5. The Labute approximate surface area is 117 Å². The van der Waals surface area contributed by atoms with Gasteiger partial charge >= 0.3 is 0 Å². The number of aryl methyl sites for hydroxylation is 1. The summed E-state index contributed by atoms with van der Waals surface area (Å²) in [6.45, 7) is 4.57. The number of benzene rings is 1. The molecule has 100 valence electrons. The van der Waals surface area contributed by atoms with Crippen LogP contribution >= 0.6 is 15.9 Å². The summed E-state index contributed by atoms with van der Waals surface area (Å²) < 4.78 is 5.41. The number of amides is 1. The molecule has 1 rings (SSSR count). The molecule has 1 aromatic rings. The molecule has 0 saturated carbocycles. The molecule has 0 aliphatic carbocycles. The Morgan fingerprint density at radius 1 is 1.39 bits per heavy atom. The van der Waals surface area contributed by atoms with Crippen molar-refractivity contribution in [2.24, 2.45) is 0 Å². The SMILES string of the molecule is CCOc1ccc(NC(=O)CCCCBr)c(C)c1. The maximum atomic E-state index is 11.7. The largest absolute Gasteiger partial charge is 0.494 e. The number of hydrogen-bond acceptors (Lipinski definition) is 2. The molecule has 0 fully saturated rings. The average molecular weight is 314 g/mol. The summed E-state index contributed by atoms with van der Waals surface area (Å²) in [4.78, 5) is 11.7. The van der Waals surface area contributed by atoms with Crippen molar-refractivity contribution in [3.05, 3.63) is 23.8 Å². The van der Waals surface area contributed by atoms with E-state index in [1.54, 1.807) is 0 Å². The van der Waals surface area contributed by atoms with Crippen LogP contribution in [0, 0.1) is 6.92 Å². The molecule has 4 heteroatoms. The van der Waals surface area contributed by atoms with Crippen molar-refractivity contribution < 1.29 is 9.53 Å². The summed E-state index contributed by atoms with van der Waals surface area (Å²) in [5, 5.41) is 3.88. The van der Waals surface area contributed by atoms with E-state index in [2.05, 4.69) is 21.2 Å². The van der Waals surface area contributed by atoms with Crippen LogP contribution in [0.25, 0.3) is 0 Å². The molecule has 1 aromatic carbocycles. The normalized spacial score (nSPS) is 10.2. The van der Waals surface area contributed by atoms with E-state index < -0.39 is 0 Å². The monoisotopic (exact) mass is 313 g/mol. The minimum atomic E-state index is 0.0724. The molecule has 1 N–H and O–H groups in total. The zero-order valence-electron chi connectivity index (χ0n) is 11.0. The van der Waals surface area contributed by atoms with Gasteiger partial charge < -0.3 is 10.1 Å². The summed E-state index contributed by atoms with van der Waals surface area (Å²) >= 11 is 3.36. The van der Waals surface area contributed by atoms with Crippen LogP contribution in [0.4, 0.5) is 5.69 Å². The van der Waals surface area contributed by atoms with Gasteiger partial charge in [-0.05, 0) is 50.5 Å². The first kappa shape index (κ1) is 15.0. The topological polar surface area (TPSA) is 38.3 Å². The maximum Gasteiger partial charge on any atom is 0.224 e. The van der Waals surface area contributed by atoms with Crippen molar-refractivity contribution in [2.75, 3.05) is 17.3 Å². The zero-order chi connectivity index (χ0) is 13.4. The molecule has 0 spiro atoms.